The van der Waals surface area contributed by atoms with Crippen molar-refractivity contribution in [1.29, 1.82) is 0 Å². The van der Waals surface area contributed by atoms with E-state index in [-0.39, 0.29) is 77.9 Å². The molecule has 2 fully saturated rings. The van der Waals surface area contributed by atoms with E-state index >= 15 is 0 Å². The number of nitrogens with one attached hydrogen (secondary N) is 3. The first-order valence-electron chi connectivity index (χ1n) is 18.6. The number of hydrogen-bond donors (Lipinski definition) is 3. The van der Waals surface area contributed by atoms with Crippen LogP contribution in [0, 0.1) is 0 Å². The second kappa shape index (κ2) is 21.6. The third kappa shape index (κ3) is 10.1. The highest BCUT2D eigenvalue weighted by Crippen LogP contribution is 2.35. The summed E-state index contributed by atoms with van der Waals surface area (Å²) in [5, 5.41) is 2.66. The van der Waals surface area contributed by atoms with Crippen molar-refractivity contribution >= 4 is 100 Å². The van der Waals surface area contributed by atoms with Crippen LogP contribution in [0.5, 0.6) is 0 Å². The van der Waals surface area contributed by atoms with Crippen molar-refractivity contribution < 1.29 is 28.9 Å². The molecule has 0 bridgehead atoms. The molecule has 58 heavy (non-hydrogen) atoms. The van der Waals surface area contributed by atoms with E-state index in [0.29, 0.717) is 25.9 Å². The van der Waals surface area contributed by atoms with Crippen LogP contribution >= 0.6 is 54.0 Å². The van der Waals surface area contributed by atoms with E-state index in [0.717, 1.165) is 81.7 Å². The number of aromatic nitrogens is 4. The molecule has 18 heteroatoms. The molecule has 2 unspecified atom stereocenters. The van der Waals surface area contributed by atoms with Crippen LogP contribution in [-0.2, 0) is 24.1 Å². The molecular formula is C40H54N8O6S4. The van der Waals surface area contributed by atoms with Gasteiger partial charge in [0.05, 0.1) is 48.4 Å². The molecule has 3 N–H and O–H groups in total. The molecule has 14 nitrogen and oxygen atoms in total. The summed E-state index contributed by atoms with van der Waals surface area (Å²) in [6.07, 6.45) is 4.94. The Bertz CT molecular complexity index is 2180. The van der Waals surface area contributed by atoms with Crippen LogP contribution in [0.3, 0.4) is 0 Å². The van der Waals surface area contributed by atoms with Gasteiger partial charge in [-0.3, -0.25) is 9.59 Å². The molecular weight excluding hydrogens is 817 g/mol. The minimum atomic E-state index is -0.654. The number of methoxy groups -OCH3 is 1. The van der Waals surface area contributed by atoms with Crippen molar-refractivity contribution in [2.45, 2.75) is 76.5 Å². The first-order valence-corrected chi connectivity index (χ1v) is 18.6. The van der Waals surface area contributed by atoms with Gasteiger partial charge in [-0.1, -0.05) is 50.2 Å². The largest absolute Gasteiger partial charge is 0.453 e. The fourth-order valence-corrected chi connectivity index (χ4v) is 7.63. The van der Waals surface area contributed by atoms with Crippen LogP contribution in [-0.4, -0.2) is 93.4 Å². The summed E-state index contributed by atoms with van der Waals surface area (Å²) < 4.78 is 4.72. The van der Waals surface area contributed by atoms with Crippen LogP contribution in [0.25, 0.3) is 44.3 Å². The lowest BCUT2D eigenvalue weighted by Crippen LogP contribution is -2.48. The van der Waals surface area contributed by atoms with E-state index in [1.807, 2.05) is 35.8 Å². The monoisotopic (exact) mass is 870 g/mol. The molecule has 0 saturated carbocycles. The Morgan fingerprint density at radius 2 is 1.24 bits per heavy atom. The molecule has 0 spiro atoms. The minimum absolute atomic E-state index is 0. The highest BCUT2D eigenvalue weighted by atomic mass is 32.1. The third-order valence-electron chi connectivity index (χ3n) is 10.5. The van der Waals surface area contributed by atoms with E-state index in [9.17, 15) is 14.4 Å². The lowest BCUT2D eigenvalue weighted by molar-refractivity contribution is -0.188. The van der Waals surface area contributed by atoms with Gasteiger partial charge in [-0.2, -0.15) is 58.9 Å². The van der Waals surface area contributed by atoms with Gasteiger partial charge in [0.25, 0.3) is 0 Å². The van der Waals surface area contributed by atoms with Gasteiger partial charge in [0.2, 0.25) is 18.2 Å². The summed E-state index contributed by atoms with van der Waals surface area (Å²) >= 11 is 0. The van der Waals surface area contributed by atoms with Crippen molar-refractivity contribution in [1.82, 2.24) is 35.1 Å². The maximum absolute atomic E-state index is 13.4. The zero-order chi connectivity index (χ0) is 37.8. The number of likely N-dealkylation sites (tertiary alicyclic amines) is 2. The summed E-state index contributed by atoms with van der Waals surface area (Å²) in [6.45, 7) is 5.05. The molecule has 2 saturated heterocycles. The zero-order valence-electron chi connectivity index (χ0n) is 33.0. The Morgan fingerprint density at radius 1 is 0.759 bits per heavy atom. The van der Waals surface area contributed by atoms with Crippen LogP contribution in [0.4, 0.5) is 4.79 Å². The predicted molar refractivity (Wildman–Crippen MR) is 246 cm³/mol. The van der Waals surface area contributed by atoms with Gasteiger partial charge in [0, 0.05) is 13.1 Å². The van der Waals surface area contributed by atoms with E-state index in [1.54, 1.807) is 0 Å². The molecule has 5 aromatic rings. The van der Waals surface area contributed by atoms with E-state index in [1.165, 1.54) is 20.6 Å². The molecule has 4 atom stereocenters. The smallest absolute Gasteiger partial charge is 0.407 e. The lowest BCUT2D eigenvalue weighted by atomic mass is 10.00. The number of amides is 3. The van der Waals surface area contributed by atoms with Crippen molar-refractivity contribution in [2.24, 2.45) is 4.99 Å². The Balaban J connectivity index is 0.00000225. The Morgan fingerprint density at radius 3 is 1.69 bits per heavy atom. The molecule has 4 heterocycles. The summed E-state index contributed by atoms with van der Waals surface area (Å²) in [5.41, 5.74) is 7.72. The first kappa shape index (κ1) is 48.0. The number of alkyl carbamates (subject to hydrolysis) is 1. The zero-order valence-corrected chi connectivity index (χ0v) is 37.0. The van der Waals surface area contributed by atoms with Gasteiger partial charge >= 0.3 is 6.09 Å². The normalized spacial score (nSPS) is 17.2. The van der Waals surface area contributed by atoms with Crippen molar-refractivity contribution in [2.75, 3.05) is 27.3 Å². The number of rotatable bonds is 12. The van der Waals surface area contributed by atoms with Gasteiger partial charge < -0.3 is 34.7 Å². The van der Waals surface area contributed by atoms with Crippen LogP contribution in [0.15, 0.2) is 65.7 Å². The number of nitrogens with zero attached hydrogens (tertiary/aromatic N) is 5. The highest BCUT2D eigenvalue weighted by Gasteiger charge is 2.37. The summed E-state index contributed by atoms with van der Waals surface area (Å²) in [6, 6.07) is 19.2. The van der Waals surface area contributed by atoms with Gasteiger partial charge in [0.1, 0.15) is 23.7 Å². The number of ether oxygens (including phenoxy) is 1. The topological polar surface area (TPSA) is 167 Å². The fourth-order valence-electron chi connectivity index (χ4n) is 7.63. The van der Waals surface area contributed by atoms with Crippen molar-refractivity contribution in [3.63, 3.8) is 0 Å². The van der Waals surface area contributed by atoms with Crippen molar-refractivity contribution in [3.05, 3.63) is 72.3 Å². The van der Waals surface area contributed by atoms with Crippen molar-refractivity contribution in [3.8, 4) is 22.3 Å². The standard InChI is InChI=1S/C40H46N8O6.4H2S/c1-5-28(41-23-54-53-4)38(49)47-19-7-9-34(47)36-42-30-17-15-26(21-32(30)44-36)24-11-13-25(14-12-24)27-16-18-31-33(22-27)45-37(43-31)35-10-8-20-48(35)39(50)29(6-2)46-40(51)52-3;;;;/h11-18,21-23,28-29,34-35H,5-10,19-20H2,1-4H3,(H,42,44)(H,43,45)(H,46,51);4*1H2/t28?,29?,34-,35-;;;;/m0..../s1. The van der Waals surface area contributed by atoms with Gasteiger partial charge in [-0.25, -0.2) is 19.8 Å². The molecule has 2 aliphatic heterocycles. The molecule has 3 amide bonds. The number of H-pyrrole nitrogens is 2. The highest BCUT2D eigenvalue weighted by molar-refractivity contribution is 7.59. The quantitative estimate of drug-likeness (QED) is 0.0518. The van der Waals surface area contributed by atoms with E-state index in [4.69, 9.17) is 19.6 Å². The summed E-state index contributed by atoms with van der Waals surface area (Å²) in [5.74, 6) is 1.34. The Kier molecular flexibility index (Phi) is 17.9. The molecule has 314 valence electrons. The van der Waals surface area contributed by atoms with Crippen LogP contribution in [0.1, 0.15) is 76.1 Å². The summed E-state index contributed by atoms with van der Waals surface area (Å²) in [4.78, 5) is 72.6. The SMILES string of the molecule is CCC(N=COOC)C(=O)N1CCC[C@H]1c1nc2ccc(-c3ccc(-c4ccc5nc([C@@H]6CCCN6C(=O)C(CC)NC(=O)OC)[nH]c5c4)cc3)cc2[nH]1.S.S.S.S. The fraction of sp³-hybridized carbons (Fsp3) is 0.400. The first-order chi connectivity index (χ1) is 26.3. The predicted octanol–water partition coefficient (Wildman–Crippen LogP) is 7.07. The van der Waals surface area contributed by atoms with Gasteiger partial charge in [-0.15, -0.1) is 0 Å². The van der Waals surface area contributed by atoms with E-state index in [2.05, 4.69) is 73.7 Å². The number of carbonyl (C=O) groups excluding carboxylic acids is 3. The average Bonchev–Trinajstić information content (AvgIpc) is 4.03. The number of fused-ring (bicyclic) bond motifs is 2. The third-order valence-corrected chi connectivity index (χ3v) is 10.5. The maximum atomic E-state index is 13.4. The lowest BCUT2D eigenvalue weighted by Gasteiger charge is -2.27. The molecule has 7 rings (SSSR count). The number of carbonyl (C=O) groups is 3. The van der Waals surface area contributed by atoms with Gasteiger partial charge in [-0.05, 0) is 85.0 Å². The molecule has 0 radical (unpaired) electrons. The maximum Gasteiger partial charge on any atom is 0.407 e. The Labute approximate surface area is 366 Å². The molecule has 2 aliphatic rings. The van der Waals surface area contributed by atoms with Gasteiger partial charge in [0.15, 0.2) is 0 Å². The van der Waals surface area contributed by atoms with Crippen LogP contribution < -0.4 is 5.32 Å². The van der Waals surface area contributed by atoms with Crippen LogP contribution in [0.2, 0.25) is 0 Å². The average molecular weight is 871 g/mol. The molecule has 2 aromatic heterocycles. The van der Waals surface area contributed by atoms with E-state index < -0.39 is 18.2 Å². The second-order valence-electron chi connectivity index (χ2n) is 13.7. The number of hydrogen-bond acceptors (Lipinski definition) is 9. The Hall–Kier alpha value is -4.36. The minimum Gasteiger partial charge on any atom is -0.453 e. The molecule has 3 aromatic carbocycles. The molecule has 0 aliphatic carbocycles. The number of aromatic amines is 2. The number of benzene rings is 3. The number of aliphatic imine (C=N–C) groups is 1. The number of imidazole rings is 2. The summed E-state index contributed by atoms with van der Waals surface area (Å²) in [7, 11) is 2.68. The second-order valence-corrected chi connectivity index (χ2v) is 13.7.